The van der Waals surface area contributed by atoms with Gasteiger partial charge < -0.3 is 14.8 Å². The zero-order valence-electron chi connectivity index (χ0n) is 14.9. The van der Waals surface area contributed by atoms with E-state index in [0.717, 1.165) is 22.4 Å². The van der Waals surface area contributed by atoms with E-state index in [4.69, 9.17) is 9.47 Å². The number of rotatable bonds is 5. The molecular weight excluding hydrogens is 338 g/mol. The average molecular weight is 357 g/mol. The first-order valence-corrected chi connectivity index (χ1v) is 8.72. The second kappa shape index (κ2) is 7.38. The molecule has 3 aromatic rings. The number of carbonyl (C=O) groups is 1. The minimum atomic E-state index is -0.118. The fourth-order valence-electron chi connectivity index (χ4n) is 3.13. The van der Waals surface area contributed by atoms with Crippen LogP contribution in [-0.2, 0) is 11.4 Å². The standard InChI is InChI=1S/C23H19NO3/c1-26-21-13-7-10-17(22(21)27-15-16-8-3-2-4-9-16)14-19-18-11-5-6-12-20(18)24-23(19)25/h2-14H,15H2,1H3,(H,24,25)/b19-14+. The quantitative estimate of drug-likeness (QED) is 0.669. The van der Waals surface area contributed by atoms with Crippen molar-refractivity contribution in [2.45, 2.75) is 6.61 Å². The largest absolute Gasteiger partial charge is 0.493 e. The smallest absolute Gasteiger partial charge is 0.256 e. The van der Waals surface area contributed by atoms with Gasteiger partial charge in [-0.1, -0.05) is 60.7 Å². The summed E-state index contributed by atoms with van der Waals surface area (Å²) in [5.41, 5.74) is 4.18. The van der Waals surface area contributed by atoms with Crippen LogP contribution in [0.25, 0.3) is 11.6 Å². The van der Waals surface area contributed by atoms with Gasteiger partial charge in [0.1, 0.15) is 6.61 Å². The van der Waals surface area contributed by atoms with E-state index in [2.05, 4.69) is 5.32 Å². The molecular formula is C23H19NO3. The van der Waals surface area contributed by atoms with Crippen LogP contribution in [0.15, 0.2) is 72.8 Å². The molecule has 0 saturated heterocycles. The van der Waals surface area contributed by atoms with Crippen LogP contribution in [0.1, 0.15) is 16.7 Å². The summed E-state index contributed by atoms with van der Waals surface area (Å²) >= 11 is 0. The third-order valence-corrected chi connectivity index (χ3v) is 4.47. The van der Waals surface area contributed by atoms with Crippen LogP contribution in [0.2, 0.25) is 0 Å². The van der Waals surface area contributed by atoms with E-state index in [0.29, 0.717) is 23.7 Å². The molecule has 0 spiro atoms. The molecule has 0 atom stereocenters. The number of amides is 1. The maximum Gasteiger partial charge on any atom is 0.256 e. The summed E-state index contributed by atoms with van der Waals surface area (Å²) in [5, 5.41) is 2.89. The fourth-order valence-corrected chi connectivity index (χ4v) is 3.13. The van der Waals surface area contributed by atoms with Gasteiger partial charge in [-0.2, -0.15) is 0 Å². The van der Waals surface area contributed by atoms with E-state index >= 15 is 0 Å². The number of benzene rings is 3. The first-order chi connectivity index (χ1) is 13.3. The lowest BCUT2D eigenvalue weighted by Gasteiger charge is -2.14. The number of fused-ring (bicyclic) bond motifs is 1. The number of hydrogen-bond acceptors (Lipinski definition) is 3. The molecule has 1 aliphatic heterocycles. The highest BCUT2D eigenvalue weighted by atomic mass is 16.5. The van der Waals surface area contributed by atoms with Gasteiger partial charge in [-0.3, -0.25) is 4.79 Å². The van der Waals surface area contributed by atoms with Crippen molar-refractivity contribution in [2.24, 2.45) is 0 Å². The Hall–Kier alpha value is -3.53. The predicted molar refractivity (Wildman–Crippen MR) is 107 cm³/mol. The van der Waals surface area contributed by atoms with Gasteiger partial charge in [0.25, 0.3) is 5.91 Å². The molecule has 1 aliphatic rings. The molecule has 0 radical (unpaired) electrons. The van der Waals surface area contributed by atoms with Crippen LogP contribution in [0, 0.1) is 0 Å². The van der Waals surface area contributed by atoms with E-state index in [9.17, 15) is 4.79 Å². The Balaban J connectivity index is 1.72. The summed E-state index contributed by atoms with van der Waals surface area (Å²) in [5.74, 6) is 1.13. The van der Waals surface area contributed by atoms with Crippen LogP contribution < -0.4 is 14.8 Å². The van der Waals surface area contributed by atoms with Crippen molar-refractivity contribution >= 4 is 23.2 Å². The van der Waals surface area contributed by atoms with Gasteiger partial charge in [0.2, 0.25) is 0 Å². The molecule has 0 unspecified atom stereocenters. The molecule has 0 saturated carbocycles. The molecule has 4 nitrogen and oxygen atoms in total. The zero-order chi connectivity index (χ0) is 18.6. The number of nitrogens with one attached hydrogen (secondary N) is 1. The SMILES string of the molecule is COc1cccc(/C=C2/C(=O)Nc3ccccc32)c1OCc1ccccc1. The van der Waals surface area contributed by atoms with Crippen molar-refractivity contribution in [1.29, 1.82) is 0 Å². The van der Waals surface area contributed by atoms with E-state index in [1.54, 1.807) is 7.11 Å². The second-order valence-electron chi connectivity index (χ2n) is 6.21. The Kier molecular flexibility index (Phi) is 4.62. The molecule has 3 aromatic carbocycles. The number of hydrogen-bond donors (Lipinski definition) is 1. The Morgan fingerprint density at radius 1 is 0.926 bits per heavy atom. The lowest BCUT2D eigenvalue weighted by Crippen LogP contribution is -2.04. The number of para-hydroxylation sites is 2. The van der Waals surface area contributed by atoms with Crippen LogP contribution in [-0.4, -0.2) is 13.0 Å². The van der Waals surface area contributed by atoms with Gasteiger partial charge in [-0.05, 0) is 23.8 Å². The third-order valence-electron chi connectivity index (χ3n) is 4.47. The Bertz CT molecular complexity index is 1010. The summed E-state index contributed by atoms with van der Waals surface area (Å²) in [6.45, 7) is 0.417. The van der Waals surface area contributed by atoms with Crippen molar-refractivity contribution in [1.82, 2.24) is 0 Å². The molecule has 0 fully saturated rings. The number of anilines is 1. The van der Waals surface area contributed by atoms with Crippen molar-refractivity contribution in [3.8, 4) is 11.5 Å². The van der Waals surface area contributed by atoms with Crippen LogP contribution in [0.3, 0.4) is 0 Å². The minimum absolute atomic E-state index is 0.118. The summed E-state index contributed by atoms with van der Waals surface area (Å²) < 4.78 is 11.6. The van der Waals surface area contributed by atoms with Crippen LogP contribution in [0.5, 0.6) is 11.5 Å². The molecule has 134 valence electrons. The topological polar surface area (TPSA) is 47.6 Å². The molecule has 0 aromatic heterocycles. The first kappa shape index (κ1) is 16.9. The van der Waals surface area contributed by atoms with Crippen molar-refractivity contribution in [3.05, 3.63) is 89.5 Å². The maximum atomic E-state index is 12.4. The average Bonchev–Trinajstić information content (AvgIpc) is 3.03. The molecule has 1 N–H and O–H groups in total. The maximum absolute atomic E-state index is 12.4. The first-order valence-electron chi connectivity index (χ1n) is 8.72. The summed E-state index contributed by atoms with van der Waals surface area (Å²) in [6, 6.07) is 23.3. The lowest BCUT2D eigenvalue weighted by atomic mass is 10.0. The summed E-state index contributed by atoms with van der Waals surface area (Å²) in [7, 11) is 1.61. The molecule has 1 amide bonds. The highest BCUT2D eigenvalue weighted by molar-refractivity contribution is 6.35. The molecule has 4 heteroatoms. The Morgan fingerprint density at radius 3 is 2.52 bits per heavy atom. The lowest BCUT2D eigenvalue weighted by molar-refractivity contribution is -0.110. The Morgan fingerprint density at radius 2 is 1.70 bits per heavy atom. The highest BCUT2D eigenvalue weighted by Gasteiger charge is 2.24. The van der Waals surface area contributed by atoms with Gasteiger partial charge in [0.05, 0.1) is 7.11 Å². The van der Waals surface area contributed by atoms with Gasteiger partial charge in [0.15, 0.2) is 11.5 Å². The van der Waals surface area contributed by atoms with E-state index in [1.165, 1.54) is 0 Å². The zero-order valence-corrected chi connectivity index (χ0v) is 14.9. The van der Waals surface area contributed by atoms with Crippen molar-refractivity contribution in [2.75, 3.05) is 12.4 Å². The number of ether oxygens (including phenoxy) is 2. The predicted octanol–water partition coefficient (Wildman–Crippen LogP) is 4.77. The number of carbonyl (C=O) groups excluding carboxylic acids is 1. The van der Waals surface area contributed by atoms with Crippen molar-refractivity contribution < 1.29 is 14.3 Å². The van der Waals surface area contributed by atoms with Crippen LogP contribution >= 0.6 is 0 Å². The number of methoxy groups -OCH3 is 1. The fraction of sp³-hybridized carbons (Fsp3) is 0.0870. The van der Waals surface area contributed by atoms with Gasteiger partial charge in [-0.25, -0.2) is 0 Å². The van der Waals surface area contributed by atoms with Gasteiger partial charge in [-0.15, -0.1) is 0 Å². The molecule has 27 heavy (non-hydrogen) atoms. The molecule has 1 heterocycles. The molecule has 0 bridgehead atoms. The highest BCUT2D eigenvalue weighted by Crippen LogP contribution is 2.37. The van der Waals surface area contributed by atoms with Gasteiger partial charge in [0, 0.05) is 22.4 Å². The van der Waals surface area contributed by atoms with Crippen molar-refractivity contribution in [3.63, 3.8) is 0 Å². The van der Waals surface area contributed by atoms with E-state index < -0.39 is 0 Å². The van der Waals surface area contributed by atoms with Gasteiger partial charge >= 0.3 is 0 Å². The van der Waals surface area contributed by atoms with Crippen LogP contribution in [0.4, 0.5) is 5.69 Å². The summed E-state index contributed by atoms with van der Waals surface area (Å²) in [6.07, 6.45) is 1.85. The third kappa shape index (κ3) is 3.42. The molecule has 4 rings (SSSR count). The molecule has 0 aliphatic carbocycles. The normalized spacial score (nSPS) is 14.0. The van der Waals surface area contributed by atoms with E-state index in [-0.39, 0.29) is 5.91 Å². The minimum Gasteiger partial charge on any atom is -0.493 e. The van der Waals surface area contributed by atoms with E-state index in [1.807, 2.05) is 78.9 Å². The Labute approximate surface area is 158 Å². The second-order valence-corrected chi connectivity index (χ2v) is 6.21. The monoisotopic (exact) mass is 357 g/mol. The summed E-state index contributed by atoms with van der Waals surface area (Å²) in [4.78, 5) is 12.4.